The Bertz CT molecular complexity index is 1130. The van der Waals surface area contributed by atoms with Crippen LogP contribution in [0.5, 0.6) is 11.5 Å². The first kappa shape index (κ1) is 29.3. The second-order valence-electron chi connectivity index (χ2n) is 10.6. The van der Waals surface area contributed by atoms with Crippen LogP contribution in [-0.4, -0.2) is 60.7 Å². The van der Waals surface area contributed by atoms with Gasteiger partial charge in [-0.3, -0.25) is 4.79 Å². The number of alkyl carbamates (subject to hydrolysis) is 1. The van der Waals surface area contributed by atoms with Crippen molar-refractivity contribution >= 4 is 20.7 Å². The molecule has 39 heavy (non-hydrogen) atoms. The maximum Gasteiger partial charge on any atom is 0.406 e. The molecule has 0 bridgehead atoms. The quantitative estimate of drug-likeness (QED) is 0.279. The molecule has 2 fully saturated rings. The molecule has 1 saturated carbocycles. The minimum Gasteiger partial charge on any atom is -0.457 e. The summed E-state index contributed by atoms with van der Waals surface area (Å²) < 4.78 is 13.1. The lowest BCUT2D eigenvalue weighted by Gasteiger charge is -2.43. The molecule has 1 aliphatic carbocycles. The first-order valence-electron chi connectivity index (χ1n) is 14.0. The summed E-state index contributed by atoms with van der Waals surface area (Å²) >= 11 is 0. The summed E-state index contributed by atoms with van der Waals surface area (Å²) in [6.45, 7) is 3.11. The van der Waals surface area contributed by atoms with E-state index in [0.29, 0.717) is 36.7 Å². The van der Waals surface area contributed by atoms with Gasteiger partial charge in [0.2, 0.25) is 5.91 Å². The Labute approximate surface area is 233 Å². The van der Waals surface area contributed by atoms with Crippen molar-refractivity contribution in [3.63, 3.8) is 0 Å². The fraction of sp³-hybridized carbons (Fsp3) is 0.533. The fourth-order valence-corrected chi connectivity index (χ4v) is 7.62. The van der Waals surface area contributed by atoms with Gasteiger partial charge in [0.15, 0.2) is 0 Å². The van der Waals surface area contributed by atoms with Gasteiger partial charge in [0.05, 0.1) is 7.11 Å². The van der Waals surface area contributed by atoms with Gasteiger partial charge in [0, 0.05) is 36.3 Å². The number of amides is 2. The van der Waals surface area contributed by atoms with Crippen LogP contribution < -0.4 is 15.4 Å². The molecule has 8 nitrogen and oxygen atoms in total. The summed E-state index contributed by atoms with van der Waals surface area (Å²) in [5.74, 6) is 1.61. The second kappa shape index (κ2) is 13.6. The van der Waals surface area contributed by atoms with Gasteiger partial charge in [-0.2, -0.15) is 0 Å². The third kappa shape index (κ3) is 7.10. The average Bonchev–Trinajstić information content (AvgIpc) is 3.46. The normalized spacial score (nSPS) is 23.3. The molecule has 5 atom stereocenters. The van der Waals surface area contributed by atoms with Crippen molar-refractivity contribution in [1.82, 2.24) is 15.3 Å². The highest BCUT2D eigenvalue weighted by atomic mass is 31.1. The SMILES string of the molecule is CN[C@H]1CC[C@@H](C(=O)N2CCC[C@@H]([C@@](O)(CCCNC(=O)OC)c3ccccc3Oc3ccccc3C)P2)C1. The molecule has 1 aliphatic heterocycles. The predicted molar refractivity (Wildman–Crippen MR) is 154 cm³/mol. The van der Waals surface area contributed by atoms with Gasteiger partial charge < -0.3 is 29.9 Å². The summed E-state index contributed by atoms with van der Waals surface area (Å²) in [6, 6.07) is 15.9. The maximum atomic E-state index is 13.5. The number of nitrogens with zero attached hydrogens (tertiary/aromatic N) is 1. The zero-order chi connectivity index (χ0) is 27.8. The molecule has 2 aliphatic rings. The molecule has 0 radical (unpaired) electrons. The van der Waals surface area contributed by atoms with Crippen LogP contribution in [0.25, 0.3) is 0 Å². The number of methoxy groups -OCH3 is 1. The molecular formula is C30H42N3O5P. The highest BCUT2D eigenvalue weighted by molar-refractivity contribution is 7.37. The zero-order valence-corrected chi connectivity index (χ0v) is 24.2. The van der Waals surface area contributed by atoms with Gasteiger partial charge in [0.1, 0.15) is 17.1 Å². The summed E-state index contributed by atoms with van der Waals surface area (Å²) in [5.41, 5.74) is 0.342. The smallest absolute Gasteiger partial charge is 0.406 e. The molecule has 1 unspecified atom stereocenters. The number of benzene rings is 2. The molecule has 3 N–H and O–H groups in total. The number of rotatable bonds is 10. The Hall–Kier alpha value is -2.67. The first-order valence-corrected chi connectivity index (χ1v) is 15.0. The Morgan fingerprint density at radius 2 is 1.85 bits per heavy atom. The zero-order valence-electron chi connectivity index (χ0n) is 23.2. The third-order valence-electron chi connectivity index (χ3n) is 8.08. The van der Waals surface area contributed by atoms with E-state index in [9.17, 15) is 14.7 Å². The van der Waals surface area contributed by atoms with Gasteiger partial charge in [-0.15, -0.1) is 0 Å². The van der Waals surface area contributed by atoms with Crippen LogP contribution in [0.1, 0.15) is 56.1 Å². The lowest BCUT2D eigenvalue weighted by atomic mass is 9.83. The Balaban J connectivity index is 1.59. The molecule has 4 rings (SSSR count). The molecular weight excluding hydrogens is 513 g/mol. The van der Waals surface area contributed by atoms with Crippen molar-refractivity contribution in [2.75, 3.05) is 27.2 Å². The molecule has 1 saturated heterocycles. The molecule has 0 spiro atoms. The van der Waals surface area contributed by atoms with E-state index < -0.39 is 11.7 Å². The monoisotopic (exact) mass is 555 g/mol. The van der Waals surface area contributed by atoms with Crippen molar-refractivity contribution in [2.45, 2.75) is 69.2 Å². The number of para-hydroxylation sites is 2. The number of nitrogens with one attached hydrogen (secondary N) is 2. The molecule has 212 valence electrons. The minimum absolute atomic E-state index is 0.0442. The summed E-state index contributed by atoms with van der Waals surface area (Å²) in [5, 5.41) is 18.6. The first-order chi connectivity index (χ1) is 18.9. The van der Waals surface area contributed by atoms with Gasteiger partial charge in [-0.1, -0.05) is 36.4 Å². The Kier molecular flexibility index (Phi) is 10.2. The molecule has 1 heterocycles. The van der Waals surface area contributed by atoms with Crippen molar-refractivity contribution in [3.05, 3.63) is 59.7 Å². The van der Waals surface area contributed by atoms with Crippen LogP contribution in [-0.2, 0) is 15.1 Å². The van der Waals surface area contributed by atoms with E-state index in [1.165, 1.54) is 7.11 Å². The number of hydrogen-bond acceptors (Lipinski definition) is 6. The van der Waals surface area contributed by atoms with E-state index in [2.05, 4.69) is 10.6 Å². The summed E-state index contributed by atoms with van der Waals surface area (Å²) in [6.07, 6.45) is 4.93. The summed E-state index contributed by atoms with van der Waals surface area (Å²) in [4.78, 5) is 25.1. The number of aryl methyl sites for hydroxylation is 1. The fourth-order valence-electron chi connectivity index (χ4n) is 5.80. The average molecular weight is 556 g/mol. The lowest BCUT2D eigenvalue weighted by Crippen LogP contribution is -2.44. The van der Waals surface area contributed by atoms with Crippen molar-refractivity contribution in [2.24, 2.45) is 5.92 Å². The standard InChI is InChI=1S/C30H42N3O5P/c1-21-10-4-6-12-25(21)38-26-13-7-5-11-24(26)30(36,17-9-18-32-29(35)37-3)27-14-8-19-33(39-27)28(34)22-15-16-23(20-22)31-2/h4-7,10-13,22-23,27,31,36,39H,8-9,14-20H2,1-3H3,(H,32,35)/t22-,23+,27+,30-/m1/s1. The second-order valence-corrected chi connectivity index (χ2v) is 12.1. The molecule has 2 aromatic rings. The lowest BCUT2D eigenvalue weighted by molar-refractivity contribution is -0.130. The van der Waals surface area contributed by atoms with Gasteiger partial charge >= 0.3 is 6.09 Å². The number of ether oxygens (including phenoxy) is 2. The van der Waals surface area contributed by atoms with E-state index in [1.807, 2.05) is 67.2 Å². The largest absolute Gasteiger partial charge is 0.457 e. The third-order valence-corrected chi connectivity index (χ3v) is 9.91. The Morgan fingerprint density at radius 3 is 2.56 bits per heavy atom. The minimum atomic E-state index is -1.24. The van der Waals surface area contributed by atoms with Gasteiger partial charge in [0.25, 0.3) is 0 Å². The summed E-state index contributed by atoms with van der Waals surface area (Å²) in [7, 11) is 3.47. The van der Waals surface area contributed by atoms with Crippen molar-refractivity contribution < 1.29 is 24.2 Å². The molecule has 0 aromatic heterocycles. The van der Waals surface area contributed by atoms with E-state index in [1.54, 1.807) is 0 Å². The van der Waals surface area contributed by atoms with Crippen molar-refractivity contribution in [1.29, 1.82) is 0 Å². The van der Waals surface area contributed by atoms with E-state index in [0.717, 1.165) is 50.0 Å². The van der Waals surface area contributed by atoms with Crippen LogP contribution >= 0.6 is 8.73 Å². The van der Waals surface area contributed by atoms with Crippen LogP contribution in [0.4, 0.5) is 4.79 Å². The highest BCUT2D eigenvalue weighted by Gasteiger charge is 2.44. The number of carbonyl (C=O) groups excluding carboxylic acids is 2. The highest BCUT2D eigenvalue weighted by Crippen LogP contribution is 2.50. The predicted octanol–water partition coefficient (Wildman–Crippen LogP) is 5.08. The van der Waals surface area contributed by atoms with Crippen LogP contribution in [0, 0.1) is 12.8 Å². The van der Waals surface area contributed by atoms with Gasteiger partial charge in [-0.25, -0.2) is 4.79 Å². The number of carbonyl (C=O) groups is 2. The van der Waals surface area contributed by atoms with Crippen LogP contribution in [0.3, 0.4) is 0 Å². The molecule has 9 heteroatoms. The van der Waals surface area contributed by atoms with Crippen LogP contribution in [0.2, 0.25) is 0 Å². The van der Waals surface area contributed by atoms with Crippen molar-refractivity contribution in [3.8, 4) is 11.5 Å². The molecule has 2 aromatic carbocycles. The number of aliphatic hydroxyl groups is 1. The van der Waals surface area contributed by atoms with E-state index >= 15 is 0 Å². The van der Waals surface area contributed by atoms with Crippen LogP contribution in [0.15, 0.2) is 48.5 Å². The van der Waals surface area contributed by atoms with Gasteiger partial charge in [-0.05, 0) is 85.3 Å². The topological polar surface area (TPSA) is 100 Å². The van der Waals surface area contributed by atoms with E-state index in [-0.39, 0.29) is 26.2 Å². The number of hydrogen-bond donors (Lipinski definition) is 3. The molecule has 2 amide bonds. The van der Waals surface area contributed by atoms with E-state index in [4.69, 9.17) is 9.47 Å². The Morgan fingerprint density at radius 1 is 1.10 bits per heavy atom. The maximum absolute atomic E-state index is 13.5.